The van der Waals surface area contributed by atoms with E-state index in [2.05, 4.69) is 0 Å². The number of aliphatic hydroxyl groups is 1. The van der Waals surface area contributed by atoms with Crippen LogP contribution in [0.2, 0.25) is 0 Å². The molecular formula is C11H17NO2. The van der Waals surface area contributed by atoms with Crippen LogP contribution in [0.25, 0.3) is 0 Å². The van der Waals surface area contributed by atoms with Gasteiger partial charge in [0.05, 0.1) is 12.3 Å². The summed E-state index contributed by atoms with van der Waals surface area (Å²) in [7, 11) is 0. The lowest BCUT2D eigenvalue weighted by Crippen LogP contribution is -2.13. The summed E-state index contributed by atoms with van der Waals surface area (Å²) in [5.41, 5.74) is 7.43. The van der Waals surface area contributed by atoms with E-state index < -0.39 is 0 Å². The topological polar surface area (TPSA) is 55.5 Å². The van der Waals surface area contributed by atoms with Gasteiger partial charge in [0.2, 0.25) is 0 Å². The lowest BCUT2D eigenvalue weighted by Gasteiger charge is -2.14. The molecule has 0 aliphatic heterocycles. The number of benzene rings is 1. The van der Waals surface area contributed by atoms with E-state index in [9.17, 15) is 0 Å². The Morgan fingerprint density at radius 3 is 2.79 bits per heavy atom. The maximum atomic E-state index is 8.84. The summed E-state index contributed by atoms with van der Waals surface area (Å²) >= 11 is 0. The first-order valence-electron chi connectivity index (χ1n) is 4.74. The molecule has 0 heterocycles. The molecule has 0 aliphatic carbocycles. The van der Waals surface area contributed by atoms with Gasteiger partial charge in [0, 0.05) is 12.5 Å². The minimum atomic E-state index is 0.131. The van der Waals surface area contributed by atoms with Crippen molar-refractivity contribution in [3.8, 4) is 5.75 Å². The standard InChI is InChI=1S/C11H17NO2/c1-8(6-13)7-14-11-9(2)4-3-5-10(11)12/h3-5,8,13H,6-7,12H2,1-2H3. The molecule has 0 spiro atoms. The molecule has 14 heavy (non-hydrogen) atoms. The quantitative estimate of drug-likeness (QED) is 0.717. The summed E-state index contributed by atoms with van der Waals surface area (Å²) in [4.78, 5) is 0. The smallest absolute Gasteiger partial charge is 0.145 e. The van der Waals surface area contributed by atoms with Gasteiger partial charge in [-0.05, 0) is 18.6 Å². The van der Waals surface area contributed by atoms with Crippen molar-refractivity contribution >= 4 is 5.69 Å². The number of hydrogen-bond acceptors (Lipinski definition) is 3. The maximum absolute atomic E-state index is 8.84. The van der Waals surface area contributed by atoms with Gasteiger partial charge in [-0.2, -0.15) is 0 Å². The van der Waals surface area contributed by atoms with E-state index >= 15 is 0 Å². The first-order chi connectivity index (χ1) is 6.65. The lowest BCUT2D eigenvalue weighted by molar-refractivity contribution is 0.174. The molecule has 3 N–H and O–H groups in total. The van der Waals surface area contributed by atoms with Crippen molar-refractivity contribution in [1.82, 2.24) is 0 Å². The predicted molar refractivity (Wildman–Crippen MR) is 57.3 cm³/mol. The highest BCUT2D eigenvalue weighted by Gasteiger charge is 2.06. The predicted octanol–water partition coefficient (Wildman–Crippen LogP) is 1.58. The first kappa shape index (κ1) is 10.9. The molecule has 0 radical (unpaired) electrons. The Morgan fingerprint density at radius 2 is 2.21 bits per heavy atom. The largest absolute Gasteiger partial charge is 0.491 e. The summed E-state index contributed by atoms with van der Waals surface area (Å²) in [5, 5.41) is 8.84. The molecule has 1 unspecified atom stereocenters. The number of rotatable bonds is 4. The number of para-hydroxylation sites is 1. The van der Waals surface area contributed by atoms with Crippen molar-refractivity contribution < 1.29 is 9.84 Å². The SMILES string of the molecule is Cc1cccc(N)c1OCC(C)CO. The molecule has 0 aliphatic rings. The molecule has 3 heteroatoms. The second-order valence-electron chi connectivity index (χ2n) is 3.59. The van der Waals surface area contributed by atoms with E-state index in [0.717, 1.165) is 11.3 Å². The molecule has 0 amide bonds. The average Bonchev–Trinajstić information content (AvgIpc) is 2.16. The molecule has 1 rings (SSSR count). The highest BCUT2D eigenvalue weighted by atomic mass is 16.5. The van der Waals surface area contributed by atoms with Crippen LogP contribution < -0.4 is 10.5 Å². The van der Waals surface area contributed by atoms with Crippen LogP contribution in [0.5, 0.6) is 5.75 Å². The number of hydrogen-bond donors (Lipinski definition) is 2. The normalized spacial score (nSPS) is 12.5. The van der Waals surface area contributed by atoms with Gasteiger partial charge in [-0.1, -0.05) is 19.1 Å². The Morgan fingerprint density at radius 1 is 1.50 bits per heavy atom. The van der Waals surface area contributed by atoms with Gasteiger partial charge >= 0.3 is 0 Å². The van der Waals surface area contributed by atoms with Crippen molar-refractivity contribution in [2.75, 3.05) is 18.9 Å². The highest BCUT2D eigenvalue weighted by Crippen LogP contribution is 2.25. The number of anilines is 1. The lowest BCUT2D eigenvalue weighted by atomic mass is 10.2. The van der Waals surface area contributed by atoms with E-state index in [0.29, 0.717) is 12.3 Å². The number of ether oxygens (including phenoxy) is 1. The van der Waals surface area contributed by atoms with Gasteiger partial charge in [-0.15, -0.1) is 0 Å². The van der Waals surface area contributed by atoms with Gasteiger partial charge in [0.1, 0.15) is 5.75 Å². The third-order valence-corrected chi connectivity index (χ3v) is 2.07. The Labute approximate surface area is 84.5 Å². The molecule has 78 valence electrons. The Hall–Kier alpha value is -1.22. The van der Waals surface area contributed by atoms with Gasteiger partial charge in [-0.3, -0.25) is 0 Å². The van der Waals surface area contributed by atoms with Crippen LogP contribution in [0.3, 0.4) is 0 Å². The van der Waals surface area contributed by atoms with E-state index in [4.69, 9.17) is 15.6 Å². The third kappa shape index (κ3) is 2.64. The van der Waals surface area contributed by atoms with Crippen molar-refractivity contribution in [2.24, 2.45) is 5.92 Å². The molecule has 0 aromatic heterocycles. The zero-order chi connectivity index (χ0) is 10.6. The highest BCUT2D eigenvalue weighted by molar-refractivity contribution is 5.56. The van der Waals surface area contributed by atoms with Crippen LogP contribution in [0.15, 0.2) is 18.2 Å². The summed E-state index contributed by atoms with van der Waals surface area (Å²) in [6.07, 6.45) is 0. The molecule has 3 nitrogen and oxygen atoms in total. The summed E-state index contributed by atoms with van der Waals surface area (Å²) in [6.45, 7) is 4.50. The average molecular weight is 195 g/mol. The fourth-order valence-electron chi connectivity index (χ4n) is 1.15. The van der Waals surface area contributed by atoms with E-state index in [-0.39, 0.29) is 12.5 Å². The molecule has 0 bridgehead atoms. The summed E-state index contributed by atoms with van der Waals surface area (Å²) in [6, 6.07) is 5.66. The Bertz CT molecular complexity index is 279. The Balaban J connectivity index is 2.66. The third-order valence-electron chi connectivity index (χ3n) is 2.07. The summed E-state index contributed by atoms with van der Waals surface area (Å²) in [5.74, 6) is 0.863. The van der Waals surface area contributed by atoms with Gasteiger partial charge in [-0.25, -0.2) is 0 Å². The van der Waals surface area contributed by atoms with Crippen molar-refractivity contribution in [1.29, 1.82) is 0 Å². The second-order valence-corrected chi connectivity index (χ2v) is 3.59. The maximum Gasteiger partial charge on any atom is 0.145 e. The molecular weight excluding hydrogens is 178 g/mol. The van der Waals surface area contributed by atoms with Crippen molar-refractivity contribution in [3.63, 3.8) is 0 Å². The van der Waals surface area contributed by atoms with E-state index in [1.165, 1.54) is 0 Å². The minimum absolute atomic E-state index is 0.131. The van der Waals surface area contributed by atoms with Crippen LogP contribution in [-0.4, -0.2) is 18.3 Å². The number of aliphatic hydroxyl groups excluding tert-OH is 1. The monoisotopic (exact) mass is 195 g/mol. The fourth-order valence-corrected chi connectivity index (χ4v) is 1.15. The molecule has 1 aromatic carbocycles. The molecule has 0 fully saturated rings. The number of aryl methyl sites for hydroxylation is 1. The second kappa shape index (κ2) is 4.86. The minimum Gasteiger partial charge on any atom is -0.491 e. The molecule has 0 saturated carbocycles. The van der Waals surface area contributed by atoms with E-state index in [1.807, 2.05) is 32.0 Å². The Kier molecular flexibility index (Phi) is 3.77. The molecule has 0 saturated heterocycles. The van der Waals surface area contributed by atoms with E-state index in [1.54, 1.807) is 0 Å². The van der Waals surface area contributed by atoms with Crippen LogP contribution in [-0.2, 0) is 0 Å². The number of nitrogens with two attached hydrogens (primary N) is 1. The van der Waals surface area contributed by atoms with Gasteiger partial charge in [0.25, 0.3) is 0 Å². The first-order valence-corrected chi connectivity index (χ1v) is 4.74. The fraction of sp³-hybridized carbons (Fsp3) is 0.455. The van der Waals surface area contributed by atoms with Crippen molar-refractivity contribution in [2.45, 2.75) is 13.8 Å². The number of nitrogen functional groups attached to an aromatic ring is 1. The molecule has 1 aromatic rings. The molecule has 1 atom stereocenters. The van der Waals surface area contributed by atoms with Gasteiger partial charge < -0.3 is 15.6 Å². The van der Waals surface area contributed by atoms with Crippen LogP contribution in [0, 0.1) is 12.8 Å². The van der Waals surface area contributed by atoms with Gasteiger partial charge in [0.15, 0.2) is 0 Å². The van der Waals surface area contributed by atoms with Crippen LogP contribution in [0.4, 0.5) is 5.69 Å². The van der Waals surface area contributed by atoms with Crippen LogP contribution >= 0.6 is 0 Å². The zero-order valence-corrected chi connectivity index (χ0v) is 8.66. The summed E-state index contributed by atoms with van der Waals surface area (Å²) < 4.78 is 5.54. The zero-order valence-electron chi connectivity index (χ0n) is 8.66. The van der Waals surface area contributed by atoms with Crippen LogP contribution in [0.1, 0.15) is 12.5 Å². The van der Waals surface area contributed by atoms with Crippen molar-refractivity contribution in [3.05, 3.63) is 23.8 Å².